The number of ether oxygens (including phenoxy) is 1. The Morgan fingerprint density at radius 3 is 2.51 bits per heavy atom. The van der Waals surface area contributed by atoms with Crippen molar-refractivity contribution in [2.24, 2.45) is 7.05 Å². The van der Waals surface area contributed by atoms with E-state index in [-0.39, 0.29) is 28.6 Å². The van der Waals surface area contributed by atoms with E-state index in [0.29, 0.717) is 57.6 Å². The van der Waals surface area contributed by atoms with Crippen LogP contribution in [0, 0.1) is 6.92 Å². The van der Waals surface area contributed by atoms with Crippen LogP contribution < -0.4 is 26.2 Å². The fourth-order valence-electron chi connectivity index (χ4n) is 6.10. The summed E-state index contributed by atoms with van der Waals surface area (Å²) in [7, 11) is 3.11. The lowest BCUT2D eigenvalue weighted by atomic mass is 9.99. The topological polar surface area (TPSA) is 127 Å². The van der Waals surface area contributed by atoms with Gasteiger partial charge in [-0.25, -0.2) is 9.67 Å². The molecule has 0 saturated carbocycles. The largest absolute Gasteiger partial charge is 0.481 e. The van der Waals surface area contributed by atoms with Crippen molar-refractivity contribution in [1.29, 1.82) is 0 Å². The summed E-state index contributed by atoms with van der Waals surface area (Å²) in [6, 6.07) is 14.6. The first-order valence-corrected chi connectivity index (χ1v) is 15.4. The number of halogens is 2. The van der Waals surface area contributed by atoms with Gasteiger partial charge in [0.05, 0.1) is 34.2 Å². The zero-order chi connectivity index (χ0) is 31.8. The number of nitrogens with one attached hydrogen (secondary N) is 3. The maximum Gasteiger partial charge on any atom is 0.279 e. The summed E-state index contributed by atoms with van der Waals surface area (Å²) < 4.78 is 6.90. The van der Waals surface area contributed by atoms with Gasteiger partial charge >= 0.3 is 0 Å². The number of fused-ring (bicyclic) bond motifs is 1. The highest BCUT2D eigenvalue weighted by atomic mass is 35.5. The Hall–Kier alpha value is -4.25. The number of aryl methyl sites for hydroxylation is 3. The molecule has 45 heavy (non-hydrogen) atoms. The van der Waals surface area contributed by atoms with Crippen LogP contribution in [0.2, 0.25) is 10.0 Å². The van der Waals surface area contributed by atoms with Gasteiger partial charge < -0.3 is 20.7 Å². The van der Waals surface area contributed by atoms with E-state index in [1.165, 1.54) is 13.1 Å². The van der Waals surface area contributed by atoms with Gasteiger partial charge in [-0.1, -0.05) is 53.5 Å². The van der Waals surface area contributed by atoms with Crippen LogP contribution in [0.1, 0.15) is 52.5 Å². The Balaban J connectivity index is 1.29. The molecule has 2 atom stereocenters. The molecular weight excluding hydrogens is 615 g/mol. The molecule has 0 unspecified atom stereocenters. The average Bonchev–Trinajstić information content (AvgIpc) is 3.64. The van der Waals surface area contributed by atoms with Gasteiger partial charge in [-0.3, -0.25) is 14.4 Å². The zero-order valence-corrected chi connectivity index (χ0v) is 26.6. The van der Waals surface area contributed by atoms with Gasteiger partial charge in [0.25, 0.3) is 11.5 Å². The Kier molecular flexibility index (Phi) is 8.63. The average molecular weight is 648 g/mol. The van der Waals surface area contributed by atoms with E-state index in [2.05, 4.69) is 27.1 Å². The number of amides is 2. The monoisotopic (exact) mass is 646 g/mol. The van der Waals surface area contributed by atoms with Crippen LogP contribution in [0.25, 0.3) is 22.4 Å². The number of anilines is 1. The predicted molar refractivity (Wildman–Crippen MR) is 174 cm³/mol. The van der Waals surface area contributed by atoms with E-state index in [1.807, 2.05) is 24.3 Å². The minimum atomic E-state index is -0.588. The number of carbonyl (C=O) groups excluding carboxylic acids is 2. The van der Waals surface area contributed by atoms with Crippen molar-refractivity contribution in [2.75, 3.05) is 19.0 Å². The summed E-state index contributed by atoms with van der Waals surface area (Å²) in [5, 5.41) is 14.1. The molecule has 1 saturated heterocycles. The maximum absolute atomic E-state index is 13.1. The number of pyridine rings is 1. The SMILES string of the molecule is COc1nc(-c2cccc(-c3cccc(NC(=O)c4cc(C)nn(C)c4=O)c3Cl)c2Cl)cc2c1[C@@H](NC[C@@H]1CCC(=O)N1)CC2. The van der Waals surface area contributed by atoms with Crippen LogP contribution >= 0.6 is 23.2 Å². The molecule has 2 amide bonds. The van der Waals surface area contributed by atoms with Gasteiger partial charge in [0.15, 0.2) is 0 Å². The highest BCUT2D eigenvalue weighted by Gasteiger charge is 2.30. The molecule has 2 aliphatic rings. The molecule has 3 heterocycles. The van der Waals surface area contributed by atoms with Crippen LogP contribution in [-0.4, -0.2) is 46.3 Å². The summed E-state index contributed by atoms with van der Waals surface area (Å²) in [6.45, 7) is 2.40. The second-order valence-corrected chi connectivity index (χ2v) is 12.1. The van der Waals surface area contributed by atoms with Crippen molar-refractivity contribution in [2.45, 2.75) is 44.7 Å². The minimum absolute atomic E-state index is 0.0362. The lowest BCUT2D eigenvalue weighted by molar-refractivity contribution is -0.119. The van der Waals surface area contributed by atoms with E-state index >= 15 is 0 Å². The second-order valence-electron chi connectivity index (χ2n) is 11.3. The fraction of sp³-hybridized carbons (Fsp3) is 0.303. The molecule has 0 bridgehead atoms. The predicted octanol–water partition coefficient (Wildman–Crippen LogP) is 5.24. The van der Waals surface area contributed by atoms with Gasteiger partial charge in [-0.05, 0) is 49.9 Å². The fourth-order valence-corrected chi connectivity index (χ4v) is 6.70. The van der Waals surface area contributed by atoms with E-state index in [4.69, 9.17) is 32.9 Å². The number of hydrogen-bond acceptors (Lipinski definition) is 7. The molecule has 1 fully saturated rings. The highest BCUT2D eigenvalue weighted by Crippen LogP contribution is 2.44. The molecule has 232 valence electrons. The van der Waals surface area contributed by atoms with Crippen LogP contribution in [0.15, 0.2) is 53.3 Å². The molecule has 4 aromatic rings. The third-order valence-electron chi connectivity index (χ3n) is 8.29. The number of carbonyl (C=O) groups is 2. The number of benzene rings is 2. The van der Waals surface area contributed by atoms with E-state index in [9.17, 15) is 14.4 Å². The normalized spacial score (nSPS) is 17.2. The molecule has 10 nitrogen and oxygen atoms in total. The zero-order valence-electron chi connectivity index (χ0n) is 25.0. The first kappa shape index (κ1) is 30.8. The van der Waals surface area contributed by atoms with Crippen molar-refractivity contribution in [1.82, 2.24) is 25.4 Å². The number of nitrogens with zero attached hydrogens (tertiary/aromatic N) is 3. The summed E-state index contributed by atoms with van der Waals surface area (Å²) in [5.74, 6) is 0.0476. The van der Waals surface area contributed by atoms with E-state index in [1.54, 1.807) is 26.2 Å². The standard InChI is InChI=1S/C33H32Cl2N6O4/c1-17-14-23(33(44)41(2)40-17)31(43)38-25-9-5-7-21(30(25)35)20-6-4-8-22(29(20)34)26-15-18-10-12-24(28(18)32(39-26)45-3)36-16-19-11-13-27(42)37-19/h4-9,14-15,19,24,36H,10-13,16H2,1-3H3,(H,37,42)(H,38,43)/t19-,24-/m0/s1. The van der Waals surface area contributed by atoms with Crippen LogP contribution in [0.5, 0.6) is 5.88 Å². The number of methoxy groups -OCH3 is 1. The van der Waals surface area contributed by atoms with Gasteiger partial charge in [-0.15, -0.1) is 0 Å². The van der Waals surface area contributed by atoms with Crippen molar-refractivity contribution < 1.29 is 14.3 Å². The molecule has 1 aliphatic heterocycles. The lowest BCUT2D eigenvalue weighted by Crippen LogP contribution is -2.36. The van der Waals surface area contributed by atoms with Gasteiger partial charge in [0, 0.05) is 54.4 Å². The molecule has 1 aliphatic carbocycles. The summed E-state index contributed by atoms with van der Waals surface area (Å²) >= 11 is 13.9. The summed E-state index contributed by atoms with van der Waals surface area (Å²) in [5.41, 5.74) is 5.14. The first-order valence-electron chi connectivity index (χ1n) is 14.7. The number of aromatic nitrogens is 3. The third kappa shape index (κ3) is 6.05. The molecule has 6 rings (SSSR count). The van der Waals surface area contributed by atoms with Crippen molar-refractivity contribution in [3.8, 4) is 28.3 Å². The molecule has 0 spiro atoms. The van der Waals surface area contributed by atoms with Crippen molar-refractivity contribution in [3.05, 3.63) is 91.3 Å². The first-order chi connectivity index (χ1) is 21.6. The van der Waals surface area contributed by atoms with Crippen LogP contribution in [0.3, 0.4) is 0 Å². The molecule has 0 radical (unpaired) electrons. The Morgan fingerprint density at radius 2 is 1.78 bits per heavy atom. The minimum Gasteiger partial charge on any atom is -0.481 e. The number of hydrogen-bond donors (Lipinski definition) is 3. The van der Waals surface area contributed by atoms with Gasteiger partial charge in [0.1, 0.15) is 5.56 Å². The Morgan fingerprint density at radius 1 is 1.04 bits per heavy atom. The molecular formula is C33H32Cl2N6O4. The van der Waals surface area contributed by atoms with Gasteiger partial charge in [-0.2, -0.15) is 5.10 Å². The Bertz CT molecular complexity index is 1890. The quantitative estimate of drug-likeness (QED) is 0.239. The summed E-state index contributed by atoms with van der Waals surface area (Å²) in [6.07, 6.45) is 3.14. The molecule has 3 N–H and O–H groups in total. The summed E-state index contributed by atoms with van der Waals surface area (Å²) in [4.78, 5) is 42.1. The van der Waals surface area contributed by atoms with E-state index < -0.39 is 11.5 Å². The van der Waals surface area contributed by atoms with Gasteiger partial charge in [0.2, 0.25) is 11.8 Å². The van der Waals surface area contributed by atoms with E-state index in [0.717, 1.165) is 35.1 Å². The molecule has 2 aromatic carbocycles. The Labute approximate surface area is 270 Å². The molecule has 2 aromatic heterocycles. The smallest absolute Gasteiger partial charge is 0.279 e. The molecule has 12 heteroatoms. The maximum atomic E-state index is 13.1. The van der Waals surface area contributed by atoms with Crippen LogP contribution in [0.4, 0.5) is 5.69 Å². The van der Waals surface area contributed by atoms with Crippen LogP contribution in [-0.2, 0) is 18.3 Å². The van der Waals surface area contributed by atoms with Crippen molar-refractivity contribution in [3.63, 3.8) is 0 Å². The lowest BCUT2D eigenvalue weighted by Gasteiger charge is -2.20. The highest BCUT2D eigenvalue weighted by molar-refractivity contribution is 6.39. The van der Waals surface area contributed by atoms with Crippen molar-refractivity contribution >= 4 is 40.7 Å². The number of rotatable bonds is 8. The third-order valence-corrected chi connectivity index (χ3v) is 9.11. The second kappa shape index (κ2) is 12.6.